The molecule has 1 aromatic heterocycles. The second-order valence-electron chi connectivity index (χ2n) is 4.29. The summed E-state index contributed by atoms with van der Waals surface area (Å²) in [5.74, 6) is -0.529. The molecule has 0 saturated carbocycles. The average molecular weight is 256 g/mol. The molecule has 2 rings (SSSR count). The van der Waals surface area contributed by atoms with Crippen molar-refractivity contribution in [3.63, 3.8) is 0 Å². The lowest BCUT2D eigenvalue weighted by Crippen LogP contribution is -2.14. The second-order valence-corrected chi connectivity index (χ2v) is 4.29. The van der Waals surface area contributed by atoms with Crippen LogP contribution in [0.2, 0.25) is 0 Å². The number of nitrogens with one attached hydrogen (secondary N) is 1. The van der Waals surface area contributed by atoms with Gasteiger partial charge >= 0.3 is 0 Å². The van der Waals surface area contributed by atoms with E-state index in [1.807, 2.05) is 25.1 Å². The highest BCUT2D eigenvalue weighted by Gasteiger charge is 2.08. The highest BCUT2D eigenvalue weighted by Crippen LogP contribution is 2.22. The van der Waals surface area contributed by atoms with Crippen LogP contribution in [0.3, 0.4) is 0 Å². The summed E-state index contributed by atoms with van der Waals surface area (Å²) < 4.78 is 0. The Hall–Kier alpha value is -2.56. The maximum Gasteiger partial charge on any atom is 0.250 e. The molecule has 5 heteroatoms. The molecule has 2 aromatic rings. The second kappa shape index (κ2) is 5.39. The molecule has 0 saturated heterocycles. The fourth-order valence-corrected chi connectivity index (χ4v) is 1.73. The predicted molar refractivity (Wildman–Crippen MR) is 75.7 cm³/mol. The number of carbonyl (C=O) groups excluding carboxylic acids is 1. The average Bonchev–Trinajstić information content (AvgIpc) is 2.39. The van der Waals surface area contributed by atoms with Gasteiger partial charge in [0.2, 0.25) is 0 Å². The number of primary amides is 1. The summed E-state index contributed by atoms with van der Waals surface area (Å²) in [6.45, 7) is 2.52. The van der Waals surface area contributed by atoms with Crippen molar-refractivity contribution in [2.45, 2.75) is 13.5 Å². The maximum absolute atomic E-state index is 11.2. The smallest absolute Gasteiger partial charge is 0.250 e. The third-order valence-electron chi connectivity index (χ3n) is 2.83. The Balaban J connectivity index is 2.13. The number of rotatable bonds is 4. The van der Waals surface area contributed by atoms with Crippen LogP contribution in [0.25, 0.3) is 0 Å². The fraction of sp³-hybridized carbons (Fsp3) is 0.143. The molecule has 1 amide bonds. The normalized spacial score (nSPS) is 10.2. The lowest BCUT2D eigenvalue weighted by atomic mass is 10.1. The van der Waals surface area contributed by atoms with E-state index in [0.717, 1.165) is 11.3 Å². The molecule has 0 unspecified atom stereocenters. The molecule has 5 N–H and O–H groups in total. The first-order chi connectivity index (χ1) is 9.08. The number of pyridine rings is 1. The Kier molecular flexibility index (Phi) is 3.66. The summed E-state index contributed by atoms with van der Waals surface area (Å²) in [5, 5.41) is 3.17. The molecular weight excluding hydrogens is 240 g/mol. The molecule has 19 heavy (non-hydrogen) atoms. The number of hydrogen-bond donors (Lipinski definition) is 3. The SMILES string of the molecule is Cc1ccc(CNc2cccc(C(N)=O)c2N)cn1. The van der Waals surface area contributed by atoms with E-state index in [1.54, 1.807) is 18.3 Å². The lowest BCUT2D eigenvalue weighted by molar-refractivity contribution is 0.100. The number of nitrogen functional groups attached to an aromatic ring is 1. The van der Waals surface area contributed by atoms with Crippen molar-refractivity contribution < 1.29 is 4.79 Å². The number of para-hydroxylation sites is 1. The third kappa shape index (κ3) is 3.01. The van der Waals surface area contributed by atoms with Crippen molar-refractivity contribution in [2.24, 2.45) is 5.73 Å². The molecule has 1 heterocycles. The monoisotopic (exact) mass is 256 g/mol. The fourth-order valence-electron chi connectivity index (χ4n) is 1.73. The number of anilines is 2. The van der Waals surface area contributed by atoms with Crippen molar-refractivity contribution in [1.29, 1.82) is 0 Å². The van der Waals surface area contributed by atoms with Gasteiger partial charge in [0.1, 0.15) is 0 Å². The number of carbonyl (C=O) groups is 1. The van der Waals surface area contributed by atoms with E-state index in [2.05, 4.69) is 10.3 Å². The molecule has 0 bridgehead atoms. The lowest BCUT2D eigenvalue weighted by Gasteiger charge is -2.11. The van der Waals surface area contributed by atoms with E-state index < -0.39 is 5.91 Å². The van der Waals surface area contributed by atoms with Crippen LogP contribution in [0.1, 0.15) is 21.6 Å². The van der Waals surface area contributed by atoms with Crippen LogP contribution in [0.4, 0.5) is 11.4 Å². The number of hydrogen-bond acceptors (Lipinski definition) is 4. The molecule has 0 aliphatic carbocycles. The van der Waals surface area contributed by atoms with Crippen LogP contribution >= 0.6 is 0 Å². The summed E-state index contributed by atoms with van der Waals surface area (Å²) in [5.41, 5.74) is 14.5. The molecule has 0 fully saturated rings. The van der Waals surface area contributed by atoms with Gasteiger partial charge in [0.05, 0.1) is 16.9 Å². The van der Waals surface area contributed by atoms with Gasteiger partial charge in [0.25, 0.3) is 5.91 Å². The topological polar surface area (TPSA) is 94.0 Å². The van der Waals surface area contributed by atoms with E-state index in [1.165, 1.54) is 0 Å². The quantitative estimate of drug-likeness (QED) is 0.725. The van der Waals surface area contributed by atoms with Crippen molar-refractivity contribution in [3.8, 4) is 0 Å². The third-order valence-corrected chi connectivity index (χ3v) is 2.83. The van der Waals surface area contributed by atoms with E-state index in [0.29, 0.717) is 23.5 Å². The number of aromatic nitrogens is 1. The minimum absolute atomic E-state index is 0.326. The van der Waals surface area contributed by atoms with Crippen LogP contribution in [0.5, 0.6) is 0 Å². The molecule has 0 aliphatic heterocycles. The molecule has 98 valence electrons. The highest BCUT2D eigenvalue weighted by atomic mass is 16.1. The summed E-state index contributed by atoms with van der Waals surface area (Å²) in [4.78, 5) is 15.4. The van der Waals surface area contributed by atoms with Crippen LogP contribution in [-0.4, -0.2) is 10.9 Å². The van der Waals surface area contributed by atoms with Gasteiger partial charge in [-0.15, -0.1) is 0 Å². The molecule has 0 aliphatic rings. The molecule has 0 atom stereocenters. The zero-order valence-corrected chi connectivity index (χ0v) is 10.7. The van der Waals surface area contributed by atoms with Crippen molar-refractivity contribution in [3.05, 3.63) is 53.3 Å². The Morgan fingerprint density at radius 2 is 2.11 bits per heavy atom. The van der Waals surface area contributed by atoms with Gasteiger partial charge < -0.3 is 16.8 Å². The number of amides is 1. The Bertz CT molecular complexity index is 593. The number of nitrogens with zero attached hydrogens (tertiary/aromatic N) is 1. The zero-order chi connectivity index (χ0) is 13.8. The van der Waals surface area contributed by atoms with E-state index in [9.17, 15) is 4.79 Å². The Labute approximate surface area is 111 Å². The van der Waals surface area contributed by atoms with Crippen molar-refractivity contribution in [2.75, 3.05) is 11.1 Å². The van der Waals surface area contributed by atoms with Gasteiger partial charge in [0.15, 0.2) is 0 Å². The minimum atomic E-state index is -0.529. The van der Waals surface area contributed by atoms with Gasteiger partial charge in [-0.3, -0.25) is 9.78 Å². The molecule has 1 aromatic carbocycles. The van der Waals surface area contributed by atoms with E-state index >= 15 is 0 Å². The Morgan fingerprint density at radius 3 is 2.74 bits per heavy atom. The molecular formula is C14H16N4O. The number of aryl methyl sites for hydroxylation is 1. The van der Waals surface area contributed by atoms with Crippen molar-refractivity contribution >= 4 is 17.3 Å². The van der Waals surface area contributed by atoms with E-state index in [-0.39, 0.29) is 0 Å². The first-order valence-corrected chi connectivity index (χ1v) is 5.91. The van der Waals surface area contributed by atoms with Gasteiger partial charge in [-0.2, -0.15) is 0 Å². The van der Waals surface area contributed by atoms with Gasteiger partial charge in [-0.05, 0) is 30.7 Å². The standard InChI is InChI=1S/C14H16N4O/c1-9-5-6-10(7-17-9)8-18-12-4-2-3-11(13(12)15)14(16)19/h2-7,18H,8,15H2,1H3,(H2,16,19). The zero-order valence-electron chi connectivity index (χ0n) is 10.7. The van der Waals surface area contributed by atoms with Crippen LogP contribution in [-0.2, 0) is 6.54 Å². The van der Waals surface area contributed by atoms with Crippen LogP contribution < -0.4 is 16.8 Å². The minimum Gasteiger partial charge on any atom is -0.396 e. The first-order valence-electron chi connectivity index (χ1n) is 5.91. The van der Waals surface area contributed by atoms with Gasteiger partial charge in [-0.1, -0.05) is 12.1 Å². The predicted octanol–water partition coefficient (Wildman–Crippen LogP) is 1.68. The largest absolute Gasteiger partial charge is 0.396 e. The highest BCUT2D eigenvalue weighted by molar-refractivity contribution is 6.00. The van der Waals surface area contributed by atoms with E-state index in [4.69, 9.17) is 11.5 Å². The summed E-state index contributed by atoms with van der Waals surface area (Å²) in [6, 6.07) is 9.09. The number of nitrogens with two attached hydrogens (primary N) is 2. The van der Waals surface area contributed by atoms with Gasteiger partial charge in [-0.25, -0.2) is 0 Å². The maximum atomic E-state index is 11.2. The summed E-state index contributed by atoms with van der Waals surface area (Å²) >= 11 is 0. The molecule has 0 radical (unpaired) electrons. The van der Waals surface area contributed by atoms with Crippen LogP contribution in [0, 0.1) is 6.92 Å². The van der Waals surface area contributed by atoms with Crippen molar-refractivity contribution in [1.82, 2.24) is 4.98 Å². The Morgan fingerprint density at radius 1 is 1.32 bits per heavy atom. The number of benzene rings is 1. The van der Waals surface area contributed by atoms with Crippen LogP contribution in [0.15, 0.2) is 36.5 Å². The summed E-state index contributed by atoms with van der Waals surface area (Å²) in [7, 11) is 0. The molecule has 5 nitrogen and oxygen atoms in total. The molecule has 0 spiro atoms. The van der Waals surface area contributed by atoms with Gasteiger partial charge in [0, 0.05) is 18.4 Å². The summed E-state index contributed by atoms with van der Waals surface area (Å²) in [6.07, 6.45) is 1.80. The first kappa shape index (κ1) is 12.9.